The van der Waals surface area contributed by atoms with E-state index in [0.29, 0.717) is 13.2 Å². The molecule has 1 aromatic rings. The molecule has 7 nitrogen and oxygen atoms in total. The zero-order chi connectivity index (χ0) is 10.4. The number of carbonyl (C=O) groups is 1. The Kier molecular flexibility index (Phi) is 5.88. The molecule has 15 heavy (non-hydrogen) atoms. The first-order valence-electron chi connectivity index (χ1n) is 4.32. The van der Waals surface area contributed by atoms with E-state index in [9.17, 15) is 9.70 Å². The number of nitrogens with one attached hydrogen (secondary N) is 1. The number of esters is 1. The molecule has 1 heterocycles. The zero-order valence-electron chi connectivity index (χ0n) is 8.34. The van der Waals surface area contributed by atoms with Gasteiger partial charge in [-0.05, 0) is 6.92 Å². The van der Waals surface area contributed by atoms with Crippen molar-refractivity contribution in [2.24, 2.45) is 5.18 Å². The molecule has 0 fully saturated rings. The molecule has 1 aromatic heterocycles. The largest absolute Gasteiger partial charge is 0.870 e. The lowest BCUT2D eigenvalue weighted by atomic mass is 10.4. The van der Waals surface area contributed by atoms with Crippen LogP contribution in [0.15, 0.2) is 17.7 Å². The molecule has 0 amide bonds. The molecular weight excluding hydrogens is 202 g/mol. The van der Waals surface area contributed by atoms with Crippen LogP contribution >= 0.6 is 0 Å². The van der Waals surface area contributed by atoms with Crippen molar-refractivity contribution in [1.82, 2.24) is 4.98 Å². The molecule has 0 radical (unpaired) electrons. The van der Waals surface area contributed by atoms with E-state index in [0.717, 1.165) is 0 Å². The molecule has 0 atom stereocenters. The highest BCUT2D eigenvalue weighted by Crippen LogP contribution is 2.00. The lowest BCUT2D eigenvalue weighted by Gasteiger charge is -1.98. The summed E-state index contributed by atoms with van der Waals surface area (Å²) in [6.07, 6.45) is 3.40. The highest BCUT2D eigenvalue weighted by atomic mass is 16.5. The van der Waals surface area contributed by atoms with E-state index in [1.807, 2.05) is 0 Å². The van der Waals surface area contributed by atoms with Crippen LogP contribution in [0.5, 0.6) is 0 Å². The van der Waals surface area contributed by atoms with Gasteiger partial charge in [-0.2, -0.15) is 0 Å². The van der Waals surface area contributed by atoms with Crippen molar-refractivity contribution >= 4 is 11.8 Å². The topological polar surface area (TPSA) is 105 Å². The molecule has 0 aromatic carbocycles. The molecule has 0 aliphatic rings. The van der Waals surface area contributed by atoms with Crippen molar-refractivity contribution < 1.29 is 19.6 Å². The quantitative estimate of drug-likeness (QED) is 0.438. The van der Waals surface area contributed by atoms with Crippen LogP contribution in [0.25, 0.3) is 0 Å². The van der Waals surface area contributed by atoms with Crippen molar-refractivity contribution in [3.8, 4) is 0 Å². The average molecular weight is 215 g/mol. The van der Waals surface area contributed by atoms with E-state index in [1.54, 1.807) is 17.8 Å². The van der Waals surface area contributed by atoms with Crippen molar-refractivity contribution in [2.45, 2.75) is 19.9 Å². The predicted octanol–water partition coefficient (Wildman–Crippen LogP) is 0.476. The monoisotopic (exact) mass is 215 g/mol. The minimum absolute atomic E-state index is 0. The van der Waals surface area contributed by atoms with Crippen LogP contribution in [0.1, 0.15) is 13.3 Å². The molecule has 0 aliphatic heterocycles. The number of rotatable bonds is 5. The van der Waals surface area contributed by atoms with Gasteiger partial charge in [-0.3, -0.25) is 4.79 Å². The minimum atomic E-state index is -0.248. The SMILES string of the molecule is CCOC(=O)CC[n+]1c[nH]c(N=O)c1.[OH-]. The first kappa shape index (κ1) is 13.2. The van der Waals surface area contributed by atoms with Crippen molar-refractivity contribution in [3.63, 3.8) is 0 Å². The molecule has 0 saturated carbocycles. The Morgan fingerprint density at radius 1 is 1.67 bits per heavy atom. The van der Waals surface area contributed by atoms with E-state index in [4.69, 9.17) is 4.74 Å². The second kappa shape index (κ2) is 6.66. The highest BCUT2D eigenvalue weighted by Gasteiger charge is 2.08. The summed E-state index contributed by atoms with van der Waals surface area (Å²) in [5.74, 6) is -0.00401. The third kappa shape index (κ3) is 4.32. The summed E-state index contributed by atoms with van der Waals surface area (Å²) < 4.78 is 6.42. The Labute approximate surface area is 86.3 Å². The summed E-state index contributed by atoms with van der Waals surface area (Å²) in [5, 5.41) is 2.71. The number of H-pyrrole nitrogens is 1. The van der Waals surface area contributed by atoms with E-state index >= 15 is 0 Å². The standard InChI is InChI=1S/C8H11N3O3.H2O/c1-2-14-8(12)3-4-11-5-7(10-13)9-6-11;/h5-6H,2-4H2,1H3;1H2. The number of nitrogens with zero attached hydrogens (tertiary/aromatic N) is 2. The van der Waals surface area contributed by atoms with Gasteiger partial charge >= 0.3 is 5.97 Å². The second-order valence-electron chi connectivity index (χ2n) is 2.67. The summed E-state index contributed by atoms with van der Waals surface area (Å²) >= 11 is 0. The summed E-state index contributed by atoms with van der Waals surface area (Å²) in [7, 11) is 0. The Morgan fingerprint density at radius 3 is 2.93 bits per heavy atom. The fourth-order valence-electron chi connectivity index (χ4n) is 1.01. The summed E-state index contributed by atoms with van der Waals surface area (Å²) in [5.41, 5.74) is 0. The molecule has 2 N–H and O–H groups in total. The number of imidazole rings is 1. The number of aromatic nitrogens is 2. The molecule has 1 rings (SSSR count). The maximum Gasteiger partial charge on any atom is 0.309 e. The maximum absolute atomic E-state index is 11.0. The van der Waals surface area contributed by atoms with Crippen LogP contribution in [-0.4, -0.2) is 23.0 Å². The van der Waals surface area contributed by atoms with Crippen LogP contribution in [0.2, 0.25) is 0 Å². The normalized spacial score (nSPS) is 9.13. The summed E-state index contributed by atoms with van der Waals surface area (Å²) in [4.78, 5) is 23.7. The van der Waals surface area contributed by atoms with Gasteiger partial charge in [0.1, 0.15) is 6.54 Å². The lowest BCUT2D eigenvalue weighted by Crippen LogP contribution is -2.32. The molecule has 0 unspecified atom stereocenters. The van der Waals surface area contributed by atoms with Gasteiger partial charge in [-0.25, -0.2) is 9.55 Å². The number of nitroso groups, excluding NO2 is 1. The third-order valence-corrected chi connectivity index (χ3v) is 1.64. The Balaban J connectivity index is 0.00000196. The fourth-order valence-corrected chi connectivity index (χ4v) is 1.01. The van der Waals surface area contributed by atoms with Crippen LogP contribution in [0, 0.1) is 4.91 Å². The van der Waals surface area contributed by atoms with Crippen molar-refractivity contribution in [3.05, 3.63) is 17.4 Å². The van der Waals surface area contributed by atoms with E-state index < -0.39 is 0 Å². The van der Waals surface area contributed by atoms with Gasteiger partial charge in [0, 0.05) is 5.18 Å². The van der Waals surface area contributed by atoms with Crippen LogP contribution in [0.4, 0.5) is 5.82 Å². The minimum Gasteiger partial charge on any atom is -0.870 e. The van der Waals surface area contributed by atoms with Gasteiger partial charge in [-0.15, -0.1) is 4.91 Å². The first-order chi connectivity index (χ1) is 6.76. The van der Waals surface area contributed by atoms with E-state index in [2.05, 4.69) is 10.2 Å². The first-order valence-corrected chi connectivity index (χ1v) is 4.32. The molecule has 0 spiro atoms. The van der Waals surface area contributed by atoms with Gasteiger partial charge in [0.15, 0.2) is 6.20 Å². The molecule has 84 valence electrons. The number of aromatic amines is 1. The maximum atomic E-state index is 11.0. The number of hydrogen-bond acceptors (Lipinski definition) is 5. The van der Waals surface area contributed by atoms with Crippen LogP contribution < -0.4 is 4.57 Å². The number of hydrogen-bond donors (Lipinski definition) is 1. The lowest BCUT2D eigenvalue weighted by molar-refractivity contribution is -0.694. The van der Waals surface area contributed by atoms with Crippen molar-refractivity contribution in [1.29, 1.82) is 0 Å². The molecular formula is C8H13N3O4. The van der Waals surface area contributed by atoms with Crippen molar-refractivity contribution in [2.75, 3.05) is 6.61 Å². The smallest absolute Gasteiger partial charge is 0.309 e. The number of aryl methyl sites for hydroxylation is 1. The fraction of sp³-hybridized carbons (Fsp3) is 0.500. The Hall–Kier alpha value is -1.76. The average Bonchev–Trinajstić information content (AvgIpc) is 2.63. The Morgan fingerprint density at radius 2 is 2.40 bits per heavy atom. The summed E-state index contributed by atoms with van der Waals surface area (Å²) in [6, 6.07) is 0. The Bertz CT molecular complexity index is 323. The van der Waals surface area contributed by atoms with E-state index in [1.165, 1.54) is 6.20 Å². The number of carbonyl (C=O) groups excluding carboxylic acids is 1. The highest BCUT2D eigenvalue weighted by molar-refractivity contribution is 5.68. The molecule has 0 bridgehead atoms. The second-order valence-corrected chi connectivity index (χ2v) is 2.67. The van der Waals surface area contributed by atoms with Gasteiger partial charge in [-0.1, -0.05) is 0 Å². The van der Waals surface area contributed by atoms with Gasteiger partial charge in [0.2, 0.25) is 6.33 Å². The van der Waals surface area contributed by atoms with E-state index in [-0.39, 0.29) is 23.7 Å². The predicted molar refractivity (Wildman–Crippen MR) is 49.6 cm³/mol. The van der Waals surface area contributed by atoms with Crippen LogP contribution in [0.3, 0.4) is 0 Å². The molecule has 0 saturated heterocycles. The summed E-state index contributed by atoms with van der Waals surface area (Å²) in [6.45, 7) is 2.62. The third-order valence-electron chi connectivity index (χ3n) is 1.64. The molecule has 0 aliphatic carbocycles. The molecule has 7 heteroatoms. The zero-order valence-corrected chi connectivity index (χ0v) is 8.34. The van der Waals surface area contributed by atoms with Gasteiger partial charge in [0.25, 0.3) is 5.82 Å². The number of ether oxygens (including phenoxy) is 1. The van der Waals surface area contributed by atoms with Gasteiger partial charge < -0.3 is 10.2 Å². The van der Waals surface area contributed by atoms with Crippen LogP contribution in [-0.2, 0) is 16.1 Å². The van der Waals surface area contributed by atoms with Gasteiger partial charge in [0.05, 0.1) is 13.0 Å².